The van der Waals surface area contributed by atoms with Crippen molar-refractivity contribution in [1.29, 1.82) is 0 Å². The number of aliphatic hydroxyl groups is 1. The molecule has 0 bridgehead atoms. The highest BCUT2D eigenvalue weighted by molar-refractivity contribution is 5.93. The van der Waals surface area contributed by atoms with Crippen molar-refractivity contribution in [3.05, 3.63) is 53.1 Å². The van der Waals surface area contributed by atoms with E-state index in [0.717, 1.165) is 42.8 Å². The normalized spacial score (nSPS) is 23.0. The summed E-state index contributed by atoms with van der Waals surface area (Å²) in [5.41, 5.74) is 2.58. The van der Waals surface area contributed by atoms with Crippen molar-refractivity contribution in [2.45, 2.75) is 50.8 Å². The molecule has 0 saturated carbocycles. The van der Waals surface area contributed by atoms with Crippen molar-refractivity contribution < 1.29 is 9.90 Å². The number of aryl methyl sites for hydroxylation is 1. The summed E-state index contributed by atoms with van der Waals surface area (Å²) in [6.07, 6.45) is 6.08. The number of imidazole rings is 1. The third-order valence-electron chi connectivity index (χ3n) is 4.95. The Morgan fingerprint density at radius 1 is 1.22 bits per heavy atom. The lowest BCUT2D eigenvalue weighted by molar-refractivity contribution is 0.0914. The van der Waals surface area contributed by atoms with E-state index in [1.165, 1.54) is 6.42 Å². The highest BCUT2D eigenvalue weighted by Gasteiger charge is 2.31. The van der Waals surface area contributed by atoms with E-state index in [1.807, 2.05) is 24.3 Å². The number of nitrogens with zero attached hydrogens (tertiary/aromatic N) is 2. The number of carbonyl (C=O) groups is 1. The Morgan fingerprint density at radius 2 is 2.04 bits per heavy atom. The summed E-state index contributed by atoms with van der Waals surface area (Å²) in [6, 6.07) is 7.64. The summed E-state index contributed by atoms with van der Waals surface area (Å²) >= 11 is 0. The molecule has 1 aromatic heterocycles. The molecule has 2 N–H and O–H groups in total. The van der Waals surface area contributed by atoms with Gasteiger partial charge in [-0.05, 0) is 24.0 Å². The standard InChI is InChI=1S/C18H21N3O2/c22-16-10-14(12-6-3-4-7-13(12)16)20-18(23)15-11-19-17-8-2-1-5-9-21(15)17/h3-4,6-7,11,14,16,22H,1-2,5,8-10H2,(H,20,23). The summed E-state index contributed by atoms with van der Waals surface area (Å²) in [4.78, 5) is 17.1. The molecule has 1 aliphatic carbocycles. The number of hydrogen-bond donors (Lipinski definition) is 2. The van der Waals surface area contributed by atoms with E-state index in [2.05, 4.69) is 14.9 Å². The fraction of sp³-hybridized carbons (Fsp3) is 0.444. The van der Waals surface area contributed by atoms with Crippen LogP contribution in [-0.4, -0.2) is 20.6 Å². The van der Waals surface area contributed by atoms with Gasteiger partial charge in [0.15, 0.2) is 0 Å². The molecule has 2 unspecified atom stereocenters. The number of aliphatic hydroxyl groups excluding tert-OH is 1. The van der Waals surface area contributed by atoms with Gasteiger partial charge < -0.3 is 15.0 Å². The van der Waals surface area contributed by atoms with Crippen molar-refractivity contribution in [2.24, 2.45) is 0 Å². The lowest BCUT2D eigenvalue weighted by Crippen LogP contribution is -2.29. The SMILES string of the molecule is O=C(NC1CC(O)c2ccccc21)c1cnc2n1CCCCC2. The Kier molecular flexibility index (Phi) is 3.65. The Morgan fingerprint density at radius 3 is 2.91 bits per heavy atom. The van der Waals surface area contributed by atoms with Crippen LogP contribution in [0, 0.1) is 0 Å². The number of amides is 1. The average Bonchev–Trinajstić information content (AvgIpc) is 3.01. The molecule has 0 spiro atoms. The van der Waals surface area contributed by atoms with Crippen molar-refractivity contribution in [1.82, 2.24) is 14.9 Å². The van der Waals surface area contributed by atoms with Crippen molar-refractivity contribution >= 4 is 5.91 Å². The number of hydrogen-bond acceptors (Lipinski definition) is 3. The van der Waals surface area contributed by atoms with Gasteiger partial charge in [-0.2, -0.15) is 0 Å². The third kappa shape index (κ3) is 2.55. The van der Waals surface area contributed by atoms with Gasteiger partial charge in [0.2, 0.25) is 0 Å². The van der Waals surface area contributed by atoms with Gasteiger partial charge in [-0.1, -0.05) is 30.7 Å². The van der Waals surface area contributed by atoms with Gasteiger partial charge in [0.1, 0.15) is 11.5 Å². The minimum atomic E-state index is -0.501. The van der Waals surface area contributed by atoms with Crippen molar-refractivity contribution in [3.8, 4) is 0 Å². The zero-order valence-corrected chi connectivity index (χ0v) is 13.0. The molecule has 5 heteroatoms. The van der Waals surface area contributed by atoms with E-state index in [9.17, 15) is 9.90 Å². The van der Waals surface area contributed by atoms with Gasteiger partial charge >= 0.3 is 0 Å². The highest BCUT2D eigenvalue weighted by Crippen LogP contribution is 2.38. The molecule has 23 heavy (non-hydrogen) atoms. The third-order valence-corrected chi connectivity index (χ3v) is 4.95. The van der Waals surface area contributed by atoms with Crippen LogP contribution in [0.1, 0.15) is 65.3 Å². The largest absolute Gasteiger partial charge is 0.388 e. The monoisotopic (exact) mass is 311 g/mol. The summed E-state index contributed by atoms with van der Waals surface area (Å²) in [5.74, 6) is 0.916. The molecule has 1 aromatic carbocycles. The number of aromatic nitrogens is 2. The molecule has 2 aromatic rings. The minimum Gasteiger partial charge on any atom is -0.388 e. The van der Waals surface area contributed by atoms with Gasteiger partial charge in [-0.3, -0.25) is 4.79 Å². The minimum absolute atomic E-state index is 0.0976. The molecule has 2 aliphatic rings. The van der Waals surface area contributed by atoms with Gasteiger partial charge in [-0.25, -0.2) is 4.98 Å². The number of rotatable bonds is 2. The van der Waals surface area contributed by atoms with Crippen LogP contribution < -0.4 is 5.32 Å². The number of fused-ring (bicyclic) bond motifs is 2. The van der Waals surface area contributed by atoms with Gasteiger partial charge in [0.25, 0.3) is 5.91 Å². The maximum Gasteiger partial charge on any atom is 0.270 e. The molecule has 2 heterocycles. The van der Waals surface area contributed by atoms with E-state index in [1.54, 1.807) is 6.20 Å². The fourth-order valence-corrected chi connectivity index (χ4v) is 3.75. The van der Waals surface area contributed by atoms with E-state index in [0.29, 0.717) is 12.1 Å². The van der Waals surface area contributed by atoms with E-state index in [-0.39, 0.29) is 11.9 Å². The molecular weight excluding hydrogens is 290 g/mol. The first-order valence-electron chi connectivity index (χ1n) is 8.36. The van der Waals surface area contributed by atoms with Crippen LogP contribution in [-0.2, 0) is 13.0 Å². The second-order valence-electron chi connectivity index (χ2n) is 6.43. The van der Waals surface area contributed by atoms with E-state index < -0.39 is 6.10 Å². The zero-order valence-electron chi connectivity index (χ0n) is 13.0. The summed E-state index contributed by atoms with van der Waals surface area (Å²) in [6.45, 7) is 0.863. The van der Waals surface area contributed by atoms with Crippen LogP contribution in [0.5, 0.6) is 0 Å². The van der Waals surface area contributed by atoms with Crippen LogP contribution in [0.15, 0.2) is 30.5 Å². The second kappa shape index (κ2) is 5.81. The Balaban J connectivity index is 1.57. The Labute approximate surface area is 135 Å². The second-order valence-corrected chi connectivity index (χ2v) is 6.43. The van der Waals surface area contributed by atoms with Crippen LogP contribution in [0.25, 0.3) is 0 Å². The number of nitrogens with one attached hydrogen (secondary N) is 1. The van der Waals surface area contributed by atoms with Gasteiger partial charge in [0, 0.05) is 19.4 Å². The first-order valence-corrected chi connectivity index (χ1v) is 8.36. The van der Waals surface area contributed by atoms with Gasteiger partial charge in [-0.15, -0.1) is 0 Å². The Bertz CT molecular complexity index is 738. The lowest BCUT2D eigenvalue weighted by atomic mass is 10.1. The van der Waals surface area contributed by atoms with Crippen molar-refractivity contribution in [3.63, 3.8) is 0 Å². The summed E-state index contributed by atoms with van der Waals surface area (Å²) < 4.78 is 2.06. The molecule has 0 fully saturated rings. The molecule has 0 saturated heterocycles. The molecule has 0 radical (unpaired) electrons. The predicted octanol–water partition coefficient (Wildman–Crippen LogP) is 2.52. The first kappa shape index (κ1) is 14.5. The van der Waals surface area contributed by atoms with E-state index >= 15 is 0 Å². The van der Waals surface area contributed by atoms with Crippen LogP contribution in [0.2, 0.25) is 0 Å². The predicted molar refractivity (Wildman–Crippen MR) is 86.0 cm³/mol. The summed E-state index contributed by atoms with van der Waals surface area (Å²) in [7, 11) is 0. The maximum atomic E-state index is 12.7. The highest BCUT2D eigenvalue weighted by atomic mass is 16.3. The quantitative estimate of drug-likeness (QED) is 0.895. The van der Waals surface area contributed by atoms with Crippen LogP contribution >= 0.6 is 0 Å². The first-order chi connectivity index (χ1) is 11.2. The van der Waals surface area contributed by atoms with Crippen LogP contribution in [0.4, 0.5) is 0 Å². The molecular formula is C18H21N3O2. The topological polar surface area (TPSA) is 67.2 Å². The summed E-state index contributed by atoms with van der Waals surface area (Å²) in [5, 5.41) is 13.2. The number of benzene rings is 1. The number of carbonyl (C=O) groups excluding carboxylic acids is 1. The average molecular weight is 311 g/mol. The molecule has 1 amide bonds. The van der Waals surface area contributed by atoms with Crippen molar-refractivity contribution in [2.75, 3.05) is 0 Å². The molecule has 1 aliphatic heterocycles. The maximum absolute atomic E-state index is 12.7. The Hall–Kier alpha value is -2.14. The smallest absolute Gasteiger partial charge is 0.270 e. The van der Waals surface area contributed by atoms with Crippen LogP contribution in [0.3, 0.4) is 0 Å². The zero-order chi connectivity index (χ0) is 15.8. The molecule has 120 valence electrons. The van der Waals surface area contributed by atoms with Gasteiger partial charge in [0.05, 0.1) is 18.3 Å². The lowest BCUT2D eigenvalue weighted by Gasteiger charge is -2.15. The molecule has 2 atom stereocenters. The van der Waals surface area contributed by atoms with E-state index in [4.69, 9.17) is 0 Å². The molecule has 5 nitrogen and oxygen atoms in total. The fourth-order valence-electron chi connectivity index (χ4n) is 3.75. The molecule has 4 rings (SSSR count).